The van der Waals surface area contributed by atoms with Crippen molar-refractivity contribution >= 4 is 28.9 Å². The molecule has 0 saturated carbocycles. The van der Waals surface area contributed by atoms with Crippen LogP contribution in [-0.2, 0) is 6.54 Å². The van der Waals surface area contributed by atoms with Crippen LogP contribution in [0.5, 0.6) is 0 Å². The van der Waals surface area contributed by atoms with Gasteiger partial charge in [0.2, 0.25) is 0 Å². The second-order valence-corrected chi connectivity index (χ2v) is 5.98. The summed E-state index contributed by atoms with van der Waals surface area (Å²) in [6.45, 7) is 4.82. The molecule has 0 spiro atoms. The number of nitrogens with zero attached hydrogens (tertiary/aromatic N) is 4. The van der Waals surface area contributed by atoms with Crippen LogP contribution in [-0.4, -0.2) is 35.1 Å². The molecule has 6 nitrogen and oxygen atoms in total. The minimum absolute atomic E-state index is 0.409. The minimum atomic E-state index is 0.409. The van der Waals surface area contributed by atoms with Crippen molar-refractivity contribution in [2.45, 2.75) is 26.3 Å². The fourth-order valence-electron chi connectivity index (χ4n) is 2.81. The lowest BCUT2D eigenvalue weighted by atomic mass is 10.2. The summed E-state index contributed by atoms with van der Waals surface area (Å²) in [4.78, 5) is 15.4. The van der Waals surface area contributed by atoms with Gasteiger partial charge in [0.05, 0.1) is 0 Å². The maximum atomic E-state index is 6.09. The van der Waals surface area contributed by atoms with Crippen molar-refractivity contribution in [1.29, 1.82) is 0 Å². The molecule has 122 valence electrons. The van der Waals surface area contributed by atoms with E-state index in [2.05, 4.69) is 31.6 Å². The molecule has 0 atom stereocenters. The second-order valence-electron chi connectivity index (χ2n) is 5.62. The molecule has 0 bridgehead atoms. The molecule has 0 amide bonds. The van der Waals surface area contributed by atoms with Crippen molar-refractivity contribution < 1.29 is 0 Å². The summed E-state index contributed by atoms with van der Waals surface area (Å²) in [6.07, 6.45) is 3.92. The largest absolute Gasteiger partial charge is 0.383 e. The predicted molar refractivity (Wildman–Crippen MR) is 94.3 cm³/mol. The molecule has 0 radical (unpaired) electrons. The van der Waals surface area contributed by atoms with Gasteiger partial charge in [-0.2, -0.15) is 0 Å². The first-order valence-corrected chi connectivity index (χ1v) is 8.20. The molecular formula is C16H21ClN6. The van der Waals surface area contributed by atoms with E-state index in [1.165, 1.54) is 19.2 Å². The van der Waals surface area contributed by atoms with Crippen molar-refractivity contribution in [2.24, 2.45) is 0 Å². The lowest BCUT2D eigenvalue weighted by Crippen LogP contribution is -2.22. The average Bonchev–Trinajstić information content (AvgIpc) is 3.08. The van der Waals surface area contributed by atoms with Gasteiger partial charge in [-0.05, 0) is 25.8 Å². The van der Waals surface area contributed by atoms with Gasteiger partial charge in [-0.15, -0.1) is 0 Å². The van der Waals surface area contributed by atoms with Gasteiger partial charge in [0.15, 0.2) is 11.0 Å². The Bertz CT molecular complexity index is 684. The molecule has 0 unspecified atom stereocenters. The van der Waals surface area contributed by atoms with E-state index in [1.54, 1.807) is 7.05 Å². The molecule has 7 heteroatoms. The van der Waals surface area contributed by atoms with E-state index in [0.29, 0.717) is 23.2 Å². The highest BCUT2D eigenvalue weighted by molar-refractivity contribution is 6.32. The second kappa shape index (κ2) is 7.00. The standard InChI is InChI=1S/C16H21ClN6/c1-11-5-6-12(16(22-11)23-7-3-4-8-23)9-19-15-13(18-2)14(17)20-10-21-15/h5-6,10,18H,3-4,7-9H2,1-2H3,(H,19,20,21). The Kier molecular flexibility index (Phi) is 4.81. The van der Waals surface area contributed by atoms with E-state index in [-0.39, 0.29) is 0 Å². The van der Waals surface area contributed by atoms with E-state index in [4.69, 9.17) is 16.6 Å². The number of pyridine rings is 1. The maximum absolute atomic E-state index is 6.09. The Morgan fingerprint density at radius 2 is 2.00 bits per heavy atom. The lowest BCUT2D eigenvalue weighted by molar-refractivity contribution is 0.905. The van der Waals surface area contributed by atoms with Crippen molar-refractivity contribution in [2.75, 3.05) is 35.7 Å². The van der Waals surface area contributed by atoms with E-state index < -0.39 is 0 Å². The minimum Gasteiger partial charge on any atom is -0.383 e. The molecule has 0 aromatic carbocycles. The molecule has 1 aliphatic heterocycles. The van der Waals surface area contributed by atoms with Crippen molar-refractivity contribution in [1.82, 2.24) is 15.0 Å². The highest BCUT2D eigenvalue weighted by atomic mass is 35.5. The van der Waals surface area contributed by atoms with Gasteiger partial charge in [-0.1, -0.05) is 17.7 Å². The quantitative estimate of drug-likeness (QED) is 0.820. The normalized spacial score (nSPS) is 14.1. The lowest BCUT2D eigenvalue weighted by Gasteiger charge is -2.21. The Morgan fingerprint density at radius 3 is 2.74 bits per heavy atom. The monoisotopic (exact) mass is 332 g/mol. The number of hydrogen-bond donors (Lipinski definition) is 2. The van der Waals surface area contributed by atoms with Crippen LogP contribution >= 0.6 is 11.6 Å². The topological polar surface area (TPSA) is 66.0 Å². The first kappa shape index (κ1) is 15.8. The molecule has 1 fully saturated rings. The number of aryl methyl sites for hydroxylation is 1. The van der Waals surface area contributed by atoms with E-state index in [0.717, 1.165) is 30.2 Å². The summed E-state index contributed by atoms with van der Waals surface area (Å²) in [6, 6.07) is 4.17. The molecular weight excluding hydrogens is 312 g/mol. The molecule has 2 aromatic rings. The van der Waals surface area contributed by atoms with Crippen molar-refractivity contribution in [3.8, 4) is 0 Å². The number of aromatic nitrogens is 3. The Balaban J connectivity index is 1.82. The summed E-state index contributed by atoms with van der Waals surface area (Å²) >= 11 is 6.09. The predicted octanol–water partition coefficient (Wildman–Crippen LogP) is 3.09. The van der Waals surface area contributed by atoms with Crippen LogP contribution in [0.25, 0.3) is 0 Å². The van der Waals surface area contributed by atoms with Gasteiger partial charge < -0.3 is 15.5 Å². The number of anilines is 3. The highest BCUT2D eigenvalue weighted by Crippen LogP contribution is 2.27. The molecule has 3 rings (SSSR count). The average molecular weight is 333 g/mol. The first-order valence-electron chi connectivity index (χ1n) is 7.82. The van der Waals surface area contributed by atoms with Crippen LogP contribution in [0.4, 0.5) is 17.3 Å². The number of halogens is 1. The van der Waals surface area contributed by atoms with Crippen molar-refractivity contribution in [3.05, 3.63) is 34.9 Å². The Labute approximate surface area is 141 Å². The molecule has 1 aliphatic rings. The summed E-state index contributed by atoms with van der Waals surface area (Å²) in [7, 11) is 1.80. The fourth-order valence-corrected chi connectivity index (χ4v) is 3.04. The molecule has 0 aliphatic carbocycles. The zero-order chi connectivity index (χ0) is 16.2. The van der Waals surface area contributed by atoms with E-state index >= 15 is 0 Å². The van der Waals surface area contributed by atoms with Gasteiger partial charge in [0.25, 0.3) is 0 Å². The van der Waals surface area contributed by atoms with Gasteiger partial charge >= 0.3 is 0 Å². The molecule has 23 heavy (non-hydrogen) atoms. The van der Waals surface area contributed by atoms with Gasteiger partial charge in [-0.25, -0.2) is 15.0 Å². The Hall–Kier alpha value is -2.08. The highest BCUT2D eigenvalue weighted by Gasteiger charge is 2.18. The van der Waals surface area contributed by atoms with Crippen LogP contribution < -0.4 is 15.5 Å². The van der Waals surface area contributed by atoms with E-state index in [9.17, 15) is 0 Å². The van der Waals surface area contributed by atoms with Gasteiger partial charge in [0, 0.05) is 37.9 Å². The third-order valence-electron chi connectivity index (χ3n) is 4.00. The molecule has 2 aromatic heterocycles. The van der Waals surface area contributed by atoms with Crippen LogP contribution in [0, 0.1) is 6.92 Å². The number of nitrogens with one attached hydrogen (secondary N) is 2. The number of hydrogen-bond acceptors (Lipinski definition) is 6. The van der Waals surface area contributed by atoms with Crippen molar-refractivity contribution in [3.63, 3.8) is 0 Å². The maximum Gasteiger partial charge on any atom is 0.157 e. The SMILES string of the molecule is CNc1c(Cl)ncnc1NCc1ccc(C)nc1N1CCCC1. The molecule has 2 N–H and O–H groups in total. The third-order valence-corrected chi connectivity index (χ3v) is 4.28. The third kappa shape index (κ3) is 3.47. The van der Waals surface area contributed by atoms with Crippen LogP contribution in [0.1, 0.15) is 24.1 Å². The fraction of sp³-hybridized carbons (Fsp3) is 0.438. The summed E-state index contributed by atoms with van der Waals surface area (Å²) in [5, 5.41) is 6.78. The molecule has 3 heterocycles. The zero-order valence-corrected chi connectivity index (χ0v) is 14.2. The first-order chi connectivity index (χ1) is 11.2. The summed E-state index contributed by atoms with van der Waals surface area (Å²) in [5.74, 6) is 1.77. The summed E-state index contributed by atoms with van der Waals surface area (Å²) < 4.78 is 0. The van der Waals surface area contributed by atoms with Crippen LogP contribution in [0.2, 0.25) is 5.15 Å². The van der Waals surface area contributed by atoms with Crippen LogP contribution in [0.15, 0.2) is 18.5 Å². The number of rotatable bonds is 5. The van der Waals surface area contributed by atoms with Gasteiger partial charge in [0.1, 0.15) is 17.8 Å². The zero-order valence-electron chi connectivity index (χ0n) is 13.4. The molecule has 1 saturated heterocycles. The smallest absolute Gasteiger partial charge is 0.157 e. The summed E-state index contributed by atoms with van der Waals surface area (Å²) in [5.41, 5.74) is 2.91. The Morgan fingerprint density at radius 1 is 1.22 bits per heavy atom. The van der Waals surface area contributed by atoms with E-state index in [1.807, 2.05) is 13.0 Å². The van der Waals surface area contributed by atoms with Crippen LogP contribution in [0.3, 0.4) is 0 Å². The van der Waals surface area contributed by atoms with Gasteiger partial charge in [-0.3, -0.25) is 0 Å².